The highest BCUT2D eigenvalue weighted by Crippen LogP contribution is 2.21. The van der Waals surface area contributed by atoms with Gasteiger partial charge < -0.3 is 20.5 Å². The minimum atomic E-state index is -0.952. The minimum absolute atomic E-state index is 0.238. The van der Waals surface area contributed by atoms with Gasteiger partial charge in [0.2, 0.25) is 0 Å². The van der Waals surface area contributed by atoms with Gasteiger partial charge in [0.15, 0.2) is 6.10 Å². The van der Waals surface area contributed by atoms with E-state index in [2.05, 4.69) is 10.6 Å². The zero-order chi connectivity index (χ0) is 14.5. The molecule has 0 bridgehead atoms. The zero-order valence-corrected chi connectivity index (χ0v) is 12.2. The van der Waals surface area contributed by atoms with Gasteiger partial charge in [-0.25, -0.2) is 9.59 Å². The maximum Gasteiger partial charge on any atom is 0.332 e. The fourth-order valence-electron chi connectivity index (χ4n) is 1.92. The number of halogens is 1. The molecule has 1 aromatic rings. The van der Waals surface area contributed by atoms with E-state index in [1.165, 1.54) is 11.3 Å². The van der Waals surface area contributed by atoms with Gasteiger partial charge >= 0.3 is 12.0 Å². The number of carbonyl (C=O) groups is 2. The number of carboxylic acid groups (broad SMARTS) is 1. The topological polar surface area (TPSA) is 87.7 Å². The van der Waals surface area contributed by atoms with E-state index in [9.17, 15) is 9.59 Å². The third-order valence-corrected chi connectivity index (χ3v) is 4.16. The van der Waals surface area contributed by atoms with Crippen molar-refractivity contribution < 1.29 is 19.4 Å². The van der Waals surface area contributed by atoms with E-state index in [1.807, 2.05) is 6.07 Å². The number of thiophene rings is 1. The lowest BCUT2D eigenvalue weighted by Crippen LogP contribution is -2.39. The molecule has 8 heteroatoms. The van der Waals surface area contributed by atoms with E-state index in [0.29, 0.717) is 30.3 Å². The van der Waals surface area contributed by atoms with Crippen LogP contribution in [-0.2, 0) is 16.1 Å². The van der Waals surface area contributed by atoms with Crippen LogP contribution in [0.2, 0.25) is 4.34 Å². The summed E-state index contributed by atoms with van der Waals surface area (Å²) in [7, 11) is 0. The Kier molecular flexibility index (Phi) is 5.22. The molecule has 1 fully saturated rings. The fourth-order valence-corrected chi connectivity index (χ4v) is 2.95. The van der Waals surface area contributed by atoms with Crippen LogP contribution >= 0.6 is 22.9 Å². The van der Waals surface area contributed by atoms with Crippen molar-refractivity contribution >= 4 is 34.9 Å². The molecule has 1 saturated heterocycles. The van der Waals surface area contributed by atoms with Crippen LogP contribution in [0.1, 0.15) is 17.7 Å². The number of carbonyl (C=O) groups excluding carboxylic acids is 1. The molecule has 2 heterocycles. The molecule has 6 nitrogen and oxygen atoms in total. The number of ether oxygens (including phenoxy) is 1. The van der Waals surface area contributed by atoms with Crippen molar-refractivity contribution in [2.45, 2.75) is 31.6 Å². The Hall–Kier alpha value is -1.31. The van der Waals surface area contributed by atoms with Crippen molar-refractivity contribution in [2.75, 3.05) is 6.54 Å². The van der Waals surface area contributed by atoms with Crippen LogP contribution in [0.3, 0.4) is 0 Å². The first-order chi connectivity index (χ1) is 9.54. The number of hydrogen-bond donors (Lipinski definition) is 3. The molecule has 0 saturated carbocycles. The molecule has 2 rings (SSSR count). The minimum Gasteiger partial charge on any atom is -0.479 e. The largest absolute Gasteiger partial charge is 0.479 e. The average molecular weight is 319 g/mol. The van der Waals surface area contributed by atoms with Gasteiger partial charge in [-0.3, -0.25) is 0 Å². The van der Waals surface area contributed by atoms with E-state index in [-0.39, 0.29) is 12.1 Å². The Labute approximate surface area is 125 Å². The van der Waals surface area contributed by atoms with Crippen molar-refractivity contribution in [3.05, 3.63) is 21.3 Å². The van der Waals surface area contributed by atoms with Crippen molar-refractivity contribution in [1.82, 2.24) is 10.6 Å². The second-order valence-electron chi connectivity index (χ2n) is 4.43. The van der Waals surface area contributed by atoms with Crippen LogP contribution in [0.25, 0.3) is 0 Å². The third kappa shape index (κ3) is 4.36. The van der Waals surface area contributed by atoms with Crippen molar-refractivity contribution in [1.29, 1.82) is 0 Å². The van der Waals surface area contributed by atoms with Crippen LogP contribution < -0.4 is 10.6 Å². The molecular formula is C12H15ClN2O4S. The molecule has 2 atom stereocenters. The lowest BCUT2D eigenvalue weighted by atomic mass is 10.2. The third-order valence-electron chi connectivity index (χ3n) is 2.93. The molecule has 0 radical (unpaired) electrons. The van der Waals surface area contributed by atoms with Crippen LogP contribution in [0.5, 0.6) is 0 Å². The molecule has 2 amide bonds. The molecule has 0 spiro atoms. The predicted molar refractivity (Wildman–Crippen MR) is 75.1 cm³/mol. The van der Waals surface area contributed by atoms with Crippen molar-refractivity contribution in [3.8, 4) is 0 Å². The number of carboxylic acids is 1. The molecule has 1 aliphatic rings. The van der Waals surface area contributed by atoms with E-state index in [0.717, 1.165) is 4.88 Å². The Morgan fingerprint density at radius 2 is 2.20 bits per heavy atom. The first-order valence-corrected chi connectivity index (χ1v) is 7.38. The second-order valence-corrected chi connectivity index (χ2v) is 6.23. The summed E-state index contributed by atoms with van der Waals surface area (Å²) in [4.78, 5) is 23.3. The van der Waals surface area contributed by atoms with E-state index < -0.39 is 12.1 Å². The first kappa shape index (κ1) is 15.1. The molecule has 1 aliphatic heterocycles. The molecule has 20 heavy (non-hydrogen) atoms. The normalized spacial score (nSPS) is 21.6. The van der Waals surface area contributed by atoms with Gasteiger partial charge in [-0.2, -0.15) is 0 Å². The molecule has 0 aromatic carbocycles. The summed E-state index contributed by atoms with van der Waals surface area (Å²) in [6, 6.07) is 3.32. The highest BCUT2D eigenvalue weighted by molar-refractivity contribution is 7.16. The van der Waals surface area contributed by atoms with Gasteiger partial charge in [-0.05, 0) is 25.0 Å². The van der Waals surface area contributed by atoms with E-state index in [4.69, 9.17) is 21.4 Å². The lowest BCUT2D eigenvalue weighted by molar-refractivity contribution is -0.149. The van der Waals surface area contributed by atoms with Crippen molar-refractivity contribution in [3.63, 3.8) is 0 Å². The van der Waals surface area contributed by atoms with Crippen molar-refractivity contribution in [2.24, 2.45) is 0 Å². The van der Waals surface area contributed by atoms with Gasteiger partial charge in [-0.1, -0.05) is 11.6 Å². The summed E-state index contributed by atoms with van der Waals surface area (Å²) in [6.45, 7) is 0.716. The van der Waals surface area contributed by atoms with E-state index >= 15 is 0 Å². The number of urea groups is 1. The maximum atomic E-state index is 11.6. The van der Waals surface area contributed by atoms with Crippen LogP contribution in [-0.4, -0.2) is 35.9 Å². The van der Waals surface area contributed by atoms with Crippen LogP contribution in [0, 0.1) is 0 Å². The number of nitrogens with one attached hydrogen (secondary N) is 2. The summed E-state index contributed by atoms with van der Waals surface area (Å²) in [5.74, 6) is -0.952. The standard InChI is InChI=1S/C12H15ClN2O4S/c13-10-4-2-8(20-10)6-15-12(18)14-5-7-1-3-9(19-7)11(16)17/h2,4,7,9H,1,3,5-6H2,(H,16,17)(H2,14,15,18). The highest BCUT2D eigenvalue weighted by atomic mass is 35.5. The molecule has 110 valence electrons. The monoisotopic (exact) mass is 318 g/mol. The van der Waals surface area contributed by atoms with Crippen LogP contribution in [0.15, 0.2) is 12.1 Å². The SMILES string of the molecule is O=C(NCc1ccc(Cl)s1)NCC1CCC(C(=O)O)O1. The number of amides is 2. The first-order valence-electron chi connectivity index (χ1n) is 6.19. The molecule has 2 unspecified atom stereocenters. The number of hydrogen-bond acceptors (Lipinski definition) is 4. The molecular weight excluding hydrogens is 304 g/mol. The summed E-state index contributed by atoms with van der Waals surface area (Å²) in [6.07, 6.45) is 0.130. The number of aliphatic carboxylic acids is 1. The Bertz CT molecular complexity index is 494. The Balaban J connectivity index is 1.64. The fraction of sp³-hybridized carbons (Fsp3) is 0.500. The average Bonchev–Trinajstić information content (AvgIpc) is 3.03. The van der Waals surface area contributed by atoms with E-state index in [1.54, 1.807) is 6.07 Å². The summed E-state index contributed by atoms with van der Waals surface area (Å²) >= 11 is 7.20. The summed E-state index contributed by atoms with van der Waals surface area (Å²) < 4.78 is 5.96. The maximum absolute atomic E-state index is 11.6. The number of rotatable bonds is 5. The lowest BCUT2D eigenvalue weighted by Gasteiger charge is -2.12. The summed E-state index contributed by atoms with van der Waals surface area (Å²) in [5, 5.41) is 14.2. The highest BCUT2D eigenvalue weighted by Gasteiger charge is 2.30. The smallest absolute Gasteiger partial charge is 0.332 e. The van der Waals surface area contributed by atoms with Gasteiger partial charge in [0, 0.05) is 11.4 Å². The molecule has 1 aromatic heterocycles. The predicted octanol–water partition coefficient (Wildman–Crippen LogP) is 1.83. The van der Waals surface area contributed by atoms with Gasteiger partial charge in [0.05, 0.1) is 17.0 Å². The summed E-state index contributed by atoms with van der Waals surface area (Å²) in [5.41, 5.74) is 0. The molecule has 0 aliphatic carbocycles. The Morgan fingerprint density at radius 1 is 1.40 bits per heavy atom. The van der Waals surface area contributed by atoms with Gasteiger partial charge in [0.1, 0.15) is 0 Å². The second kappa shape index (κ2) is 6.92. The van der Waals surface area contributed by atoms with Gasteiger partial charge in [-0.15, -0.1) is 11.3 Å². The zero-order valence-electron chi connectivity index (χ0n) is 10.6. The Morgan fingerprint density at radius 3 is 2.80 bits per heavy atom. The molecule has 3 N–H and O–H groups in total. The van der Waals surface area contributed by atoms with Gasteiger partial charge in [0.25, 0.3) is 0 Å². The quantitative estimate of drug-likeness (QED) is 0.773. The van der Waals surface area contributed by atoms with Crippen LogP contribution in [0.4, 0.5) is 4.79 Å².